The number of rotatable bonds is 10. The molecule has 1 aromatic carbocycles. The fourth-order valence-corrected chi connectivity index (χ4v) is 4.18. The number of hydrogen-bond acceptors (Lipinski definition) is 4. The molecule has 8 heteroatoms. The molecule has 0 amide bonds. The maximum atomic E-state index is 11.9. The third-order valence-electron chi connectivity index (χ3n) is 2.83. The maximum absolute atomic E-state index is 11.9. The molecule has 22 heavy (non-hydrogen) atoms. The molecule has 0 aliphatic carbocycles. The van der Waals surface area contributed by atoms with Crippen LogP contribution in [0, 0.1) is 5.92 Å². The molecular formula is C14H24N2O4S2. The maximum Gasteiger partial charge on any atom is 0.232 e. The van der Waals surface area contributed by atoms with E-state index in [1.807, 2.05) is 13.8 Å². The second-order valence-electron chi connectivity index (χ2n) is 5.56. The number of sulfonamides is 2. The van der Waals surface area contributed by atoms with Crippen molar-refractivity contribution in [3.05, 3.63) is 30.3 Å². The predicted molar refractivity (Wildman–Crippen MR) is 89.7 cm³/mol. The first-order valence-corrected chi connectivity index (χ1v) is 10.5. The van der Waals surface area contributed by atoms with E-state index in [-0.39, 0.29) is 17.4 Å². The van der Waals surface area contributed by atoms with Crippen molar-refractivity contribution in [1.29, 1.82) is 0 Å². The Bertz CT molecular complexity index is 641. The van der Waals surface area contributed by atoms with Gasteiger partial charge in [0, 0.05) is 12.2 Å². The normalized spacial score (nSPS) is 12.5. The van der Waals surface area contributed by atoms with Gasteiger partial charge in [0.2, 0.25) is 20.0 Å². The largest absolute Gasteiger partial charge is 0.284 e. The summed E-state index contributed by atoms with van der Waals surface area (Å²) in [6.07, 6.45) is 0.605. The van der Waals surface area contributed by atoms with Gasteiger partial charge in [-0.3, -0.25) is 4.72 Å². The van der Waals surface area contributed by atoms with Crippen LogP contribution in [0.25, 0.3) is 0 Å². The van der Waals surface area contributed by atoms with Gasteiger partial charge in [0.05, 0.1) is 11.5 Å². The van der Waals surface area contributed by atoms with Gasteiger partial charge in [0.25, 0.3) is 0 Å². The molecule has 0 aromatic heterocycles. The zero-order chi connectivity index (χ0) is 16.6. The number of para-hydroxylation sites is 1. The molecule has 0 saturated heterocycles. The fourth-order valence-electron chi connectivity index (χ4n) is 1.69. The van der Waals surface area contributed by atoms with Crippen LogP contribution >= 0.6 is 0 Å². The van der Waals surface area contributed by atoms with E-state index in [2.05, 4.69) is 9.44 Å². The minimum Gasteiger partial charge on any atom is -0.284 e. The molecule has 0 heterocycles. The van der Waals surface area contributed by atoms with Crippen molar-refractivity contribution in [3.8, 4) is 0 Å². The third-order valence-corrected chi connectivity index (χ3v) is 5.64. The van der Waals surface area contributed by atoms with E-state index in [1.165, 1.54) is 0 Å². The summed E-state index contributed by atoms with van der Waals surface area (Å²) in [4.78, 5) is 0. The summed E-state index contributed by atoms with van der Waals surface area (Å²) in [5.41, 5.74) is 0.508. The summed E-state index contributed by atoms with van der Waals surface area (Å²) in [6.45, 7) is 4.24. The van der Waals surface area contributed by atoms with Gasteiger partial charge in [0.15, 0.2) is 0 Å². The van der Waals surface area contributed by atoms with Crippen LogP contribution in [0.5, 0.6) is 0 Å². The van der Waals surface area contributed by atoms with Crippen LogP contribution < -0.4 is 9.44 Å². The lowest BCUT2D eigenvalue weighted by atomic mass is 10.2. The zero-order valence-corrected chi connectivity index (χ0v) is 14.6. The Labute approximate surface area is 133 Å². The smallest absolute Gasteiger partial charge is 0.232 e. The van der Waals surface area contributed by atoms with Crippen molar-refractivity contribution in [3.63, 3.8) is 0 Å². The van der Waals surface area contributed by atoms with Crippen molar-refractivity contribution in [1.82, 2.24) is 4.72 Å². The van der Waals surface area contributed by atoms with E-state index in [4.69, 9.17) is 0 Å². The van der Waals surface area contributed by atoms with Gasteiger partial charge < -0.3 is 0 Å². The van der Waals surface area contributed by atoms with Crippen LogP contribution in [0.2, 0.25) is 0 Å². The summed E-state index contributed by atoms with van der Waals surface area (Å²) >= 11 is 0. The van der Waals surface area contributed by atoms with E-state index in [0.29, 0.717) is 25.1 Å². The van der Waals surface area contributed by atoms with Crippen molar-refractivity contribution in [2.75, 3.05) is 22.8 Å². The molecule has 0 aliphatic rings. The summed E-state index contributed by atoms with van der Waals surface area (Å²) in [7, 11) is -6.76. The van der Waals surface area contributed by atoms with Gasteiger partial charge in [-0.25, -0.2) is 21.6 Å². The van der Waals surface area contributed by atoms with E-state index in [1.54, 1.807) is 30.3 Å². The molecule has 0 atom stereocenters. The Morgan fingerprint density at radius 3 is 2.00 bits per heavy atom. The molecule has 1 rings (SSSR count). The number of nitrogens with one attached hydrogen (secondary N) is 2. The summed E-state index contributed by atoms with van der Waals surface area (Å²) in [5.74, 6) is 0.0903. The number of benzene rings is 1. The monoisotopic (exact) mass is 348 g/mol. The average molecular weight is 348 g/mol. The molecule has 126 valence electrons. The van der Waals surface area contributed by atoms with Crippen LogP contribution in [-0.2, 0) is 20.0 Å². The number of anilines is 1. The highest BCUT2D eigenvalue weighted by atomic mass is 32.2. The molecule has 2 N–H and O–H groups in total. The van der Waals surface area contributed by atoms with Gasteiger partial charge >= 0.3 is 0 Å². The van der Waals surface area contributed by atoms with Gasteiger partial charge in [0.1, 0.15) is 0 Å². The molecule has 0 unspecified atom stereocenters. The highest BCUT2D eigenvalue weighted by molar-refractivity contribution is 7.92. The van der Waals surface area contributed by atoms with Crippen molar-refractivity contribution in [2.45, 2.75) is 26.7 Å². The number of hydrogen-bond donors (Lipinski definition) is 2. The second-order valence-corrected chi connectivity index (χ2v) is 9.32. The Morgan fingerprint density at radius 2 is 1.45 bits per heavy atom. The van der Waals surface area contributed by atoms with Crippen LogP contribution in [0.3, 0.4) is 0 Å². The van der Waals surface area contributed by atoms with Gasteiger partial charge in [-0.2, -0.15) is 0 Å². The van der Waals surface area contributed by atoms with E-state index < -0.39 is 20.0 Å². The molecular weight excluding hydrogens is 324 g/mol. The molecule has 0 spiro atoms. The minimum atomic E-state index is -3.44. The summed E-state index contributed by atoms with van der Waals surface area (Å²) in [5, 5.41) is 0. The lowest BCUT2D eigenvalue weighted by Crippen LogP contribution is -2.30. The molecule has 0 saturated carbocycles. The predicted octanol–water partition coefficient (Wildman–Crippen LogP) is 1.78. The molecule has 1 aromatic rings. The molecule has 6 nitrogen and oxygen atoms in total. The Balaban J connectivity index is 2.34. The molecule has 0 aliphatic heterocycles. The number of unbranched alkanes of at least 4 members (excludes halogenated alkanes) is 1. The SMILES string of the molecule is CC(C)CNS(=O)(=O)CCCCS(=O)(=O)Nc1ccccc1. The van der Waals surface area contributed by atoms with E-state index >= 15 is 0 Å². The minimum absolute atomic E-state index is 0.0550. The summed E-state index contributed by atoms with van der Waals surface area (Å²) in [6, 6.07) is 8.61. The molecule has 0 bridgehead atoms. The highest BCUT2D eigenvalue weighted by Crippen LogP contribution is 2.09. The first-order valence-electron chi connectivity index (χ1n) is 7.23. The van der Waals surface area contributed by atoms with Crippen molar-refractivity contribution < 1.29 is 16.8 Å². The Hall–Kier alpha value is -1.12. The zero-order valence-electron chi connectivity index (χ0n) is 12.9. The van der Waals surface area contributed by atoms with Crippen LogP contribution in [0.15, 0.2) is 30.3 Å². The fraction of sp³-hybridized carbons (Fsp3) is 0.571. The van der Waals surface area contributed by atoms with Gasteiger partial charge in [-0.1, -0.05) is 32.0 Å². The van der Waals surface area contributed by atoms with E-state index in [0.717, 1.165) is 0 Å². The third kappa shape index (κ3) is 8.35. The Morgan fingerprint density at radius 1 is 0.909 bits per heavy atom. The quantitative estimate of drug-likeness (QED) is 0.631. The molecule has 0 radical (unpaired) electrons. The van der Waals surface area contributed by atoms with Crippen LogP contribution in [-0.4, -0.2) is 34.9 Å². The lowest BCUT2D eigenvalue weighted by molar-refractivity contribution is 0.556. The van der Waals surface area contributed by atoms with Crippen LogP contribution in [0.1, 0.15) is 26.7 Å². The molecule has 0 fully saturated rings. The second kappa shape index (κ2) is 8.50. The first-order chi connectivity index (χ1) is 10.2. The summed E-state index contributed by atoms with van der Waals surface area (Å²) < 4.78 is 52.0. The Kier molecular flexibility index (Phi) is 7.31. The van der Waals surface area contributed by atoms with Crippen LogP contribution in [0.4, 0.5) is 5.69 Å². The van der Waals surface area contributed by atoms with Gasteiger partial charge in [-0.05, 0) is 30.9 Å². The highest BCUT2D eigenvalue weighted by Gasteiger charge is 2.13. The van der Waals surface area contributed by atoms with Crippen molar-refractivity contribution in [2.24, 2.45) is 5.92 Å². The van der Waals surface area contributed by atoms with Gasteiger partial charge in [-0.15, -0.1) is 0 Å². The average Bonchev–Trinajstić information content (AvgIpc) is 2.42. The van der Waals surface area contributed by atoms with Crippen molar-refractivity contribution >= 4 is 25.7 Å². The topological polar surface area (TPSA) is 92.3 Å². The lowest BCUT2D eigenvalue weighted by Gasteiger charge is -2.09. The van der Waals surface area contributed by atoms with E-state index in [9.17, 15) is 16.8 Å². The standard InChI is InChI=1S/C14H24N2O4S2/c1-13(2)12-15-21(17,18)10-6-7-11-22(19,20)16-14-8-4-3-5-9-14/h3-5,8-9,13,15-16H,6-7,10-12H2,1-2H3. The first kappa shape index (κ1) is 18.9.